The molecule has 132 valence electrons. The van der Waals surface area contributed by atoms with Crippen LogP contribution in [-0.4, -0.2) is 51.2 Å². The molecule has 2 aromatic carbocycles. The van der Waals surface area contributed by atoms with Crippen molar-refractivity contribution < 1.29 is 8.42 Å². The summed E-state index contributed by atoms with van der Waals surface area (Å²) >= 11 is 1.76. The van der Waals surface area contributed by atoms with E-state index < -0.39 is 10.0 Å². The molecule has 0 bridgehead atoms. The summed E-state index contributed by atoms with van der Waals surface area (Å²) in [6.45, 7) is 3.31. The molecule has 1 N–H and O–H groups in total. The van der Waals surface area contributed by atoms with E-state index in [9.17, 15) is 8.42 Å². The Bertz CT molecular complexity index is 848. The fraction of sp³-hybridized carbons (Fsp3) is 0.333. The second-order valence-corrected chi connectivity index (χ2v) is 9.23. The average Bonchev–Trinajstić information content (AvgIpc) is 2.68. The smallest absolute Gasteiger partial charge is 0.243 e. The van der Waals surface area contributed by atoms with Gasteiger partial charge >= 0.3 is 0 Å². The summed E-state index contributed by atoms with van der Waals surface area (Å²) in [5, 5.41) is 3.29. The number of para-hydroxylation sites is 1. The zero-order valence-electron chi connectivity index (χ0n) is 13.9. The number of nitrogens with one attached hydrogen (secondary N) is 1. The first kappa shape index (κ1) is 16.8. The molecular weight excluding hydrogens is 354 g/mol. The van der Waals surface area contributed by atoms with Crippen LogP contribution in [0.15, 0.2) is 58.3 Å². The molecule has 0 radical (unpaired) electrons. The van der Waals surface area contributed by atoms with E-state index in [1.54, 1.807) is 28.2 Å². The first-order chi connectivity index (χ1) is 12.1. The topological polar surface area (TPSA) is 52.7 Å². The zero-order chi connectivity index (χ0) is 17.3. The van der Waals surface area contributed by atoms with Crippen LogP contribution < -0.4 is 10.2 Å². The summed E-state index contributed by atoms with van der Waals surface area (Å²) in [5.74, 6) is 1.01. The molecule has 4 rings (SSSR count). The van der Waals surface area contributed by atoms with E-state index in [1.165, 1.54) is 0 Å². The minimum atomic E-state index is -3.44. The summed E-state index contributed by atoms with van der Waals surface area (Å²) in [6, 6.07) is 15.6. The molecule has 0 spiro atoms. The van der Waals surface area contributed by atoms with E-state index in [0.717, 1.165) is 28.6 Å². The second kappa shape index (κ2) is 6.90. The number of piperazine rings is 1. The van der Waals surface area contributed by atoms with E-state index in [1.807, 2.05) is 24.3 Å². The molecule has 7 heteroatoms. The molecule has 0 aromatic heterocycles. The third kappa shape index (κ3) is 3.36. The van der Waals surface area contributed by atoms with Gasteiger partial charge < -0.3 is 10.2 Å². The highest BCUT2D eigenvalue weighted by Crippen LogP contribution is 2.33. The van der Waals surface area contributed by atoms with Crippen LogP contribution in [0.25, 0.3) is 0 Å². The highest BCUT2D eigenvalue weighted by molar-refractivity contribution is 7.99. The van der Waals surface area contributed by atoms with Gasteiger partial charge in [0.25, 0.3) is 0 Å². The molecule has 0 atom stereocenters. The fourth-order valence-corrected chi connectivity index (χ4v) is 5.58. The van der Waals surface area contributed by atoms with Crippen LogP contribution in [-0.2, 0) is 10.0 Å². The Labute approximate surface area is 153 Å². The molecule has 2 aliphatic heterocycles. The Morgan fingerprint density at radius 2 is 1.72 bits per heavy atom. The van der Waals surface area contributed by atoms with Crippen LogP contribution in [0.5, 0.6) is 0 Å². The minimum Gasteiger partial charge on any atom is -0.383 e. The number of rotatable bonds is 3. The molecule has 0 amide bonds. The molecule has 2 aromatic rings. The number of fused-ring (bicyclic) bond motifs is 1. The molecule has 1 saturated heterocycles. The maximum atomic E-state index is 13.0. The third-order valence-electron chi connectivity index (χ3n) is 4.62. The minimum absolute atomic E-state index is 0.384. The van der Waals surface area contributed by atoms with Crippen molar-refractivity contribution in [2.24, 2.45) is 0 Å². The Kier molecular flexibility index (Phi) is 4.62. The highest BCUT2D eigenvalue weighted by Gasteiger charge is 2.29. The van der Waals surface area contributed by atoms with Gasteiger partial charge in [-0.25, -0.2) is 8.42 Å². The molecule has 0 aliphatic carbocycles. The predicted molar refractivity (Wildman–Crippen MR) is 103 cm³/mol. The van der Waals surface area contributed by atoms with Crippen LogP contribution in [0, 0.1) is 0 Å². The first-order valence-corrected chi connectivity index (χ1v) is 10.9. The number of nitrogens with zero attached hydrogens (tertiary/aromatic N) is 2. The van der Waals surface area contributed by atoms with E-state index >= 15 is 0 Å². The molecule has 0 unspecified atom stereocenters. The maximum absolute atomic E-state index is 13.0. The van der Waals surface area contributed by atoms with Crippen LogP contribution >= 0.6 is 11.8 Å². The standard InChI is InChI=1S/C18H21N3O2S2/c22-25(23,16-6-7-18-17(14-16)19-8-13-24-18)21-11-9-20(10-12-21)15-4-2-1-3-5-15/h1-7,14,19H,8-13H2. The van der Waals surface area contributed by atoms with Crippen molar-refractivity contribution in [3.63, 3.8) is 0 Å². The Balaban J connectivity index is 1.50. The lowest BCUT2D eigenvalue weighted by Crippen LogP contribution is -2.48. The Morgan fingerprint density at radius 1 is 0.960 bits per heavy atom. The summed E-state index contributed by atoms with van der Waals surface area (Å²) < 4.78 is 27.6. The third-order valence-corrected chi connectivity index (χ3v) is 7.59. The van der Waals surface area contributed by atoms with Crippen molar-refractivity contribution in [3.8, 4) is 0 Å². The van der Waals surface area contributed by atoms with Crippen LogP contribution in [0.4, 0.5) is 11.4 Å². The maximum Gasteiger partial charge on any atom is 0.243 e. The fourth-order valence-electron chi connectivity index (χ4n) is 3.25. The van der Waals surface area contributed by atoms with Crippen LogP contribution in [0.2, 0.25) is 0 Å². The van der Waals surface area contributed by atoms with Gasteiger partial charge in [-0.2, -0.15) is 4.31 Å². The zero-order valence-corrected chi connectivity index (χ0v) is 15.5. The summed E-state index contributed by atoms with van der Waals surface area (Å²) in [4.78, 5) is 3.74. The van der Waals surface area contributed by atoms with Gasteiger partial charge in [-0.05, 0) is 30.3 Å². The number of sulfonamides is 1. The molecular formula is C18H21N3O2S2. The number of hydrogen-bond acceptors (Lipinski definition) is 5. The van der Waals surface area contributed by atoms with Gasteiger partial charge in [0.15, 0.2) is 0 Å². The first-order valence-electron chi connectivity index (χ1n) is 8.45. The van der Waals surface area contributed by atoms with Gasteiger partial charge in [0, 0.05) is 54.7 Å². The average molecular weight is 376 g/mol. The van der Waals surface area contributed by atoms with Crippen molar-refractivity contribution >= 4 is 33.2 Å². The summed E-state index contributed by atoms with van der Waals surface area (Å²) in [6.07, 6.45) is 0. The Hall–Kier alpha value is -1.70. The van der Waals surface area contributed by atoms with E-state index in [2.05, 4.69) is 22.3 Å². The lowest BCUT2D eigenvalue weighted by atomic mass is 10.2. The number of thioether (sulfide) groups is 1. The van der Waals surface area contributed by atoms with E-state index in [4.69, 9.17) is 0 Å². The van der Waals surface area contributed by atoms with Gasteiger partial charge in [0.2, 0.25) is 10.0 Å². The van der Waals surface area contributed by atoms with Crippen molar-refractivity contribution in [2.45, 2.75) is 9.79 Å². The SMILES string of the molecule is O=S(=O)(c1ccc2c(c1)NCCS2)N1CCN(c2ccccc2)CC1. The largest absolute Gasteiger partial charge is 0.383 e. The number of benzene rings is 2. The van der Waals surface area contributed by atoms with E-state index in [-0.39, 0.29) is 0 Å². The van der Waals surface area contributed by atoms with Crippen molar-refractivity contribution in [1.82, 2.24) is 4.31 Å². The van der Waals surface area contributed by atoms with Crippen LogP contribution in [0.1, 0.15) is 0 Å². The molecule has 1 fully saturated rings. The lowest BCUT2D eigenvalue weighted by molar-refractivity contribution is 0.385. The van der Waals surface area contributed by atoms with Gasteiger partial charge in [-0.1, -0.05) is 18.2 Å². The van der Waals surface area contributed by atoms with Gasteiger partial charge in [0.1, 0.15) is 0 Å². The summed E-state index contributed by atoms with van der Waals surface area (Å²) in [7, 11) is -3.44. The van der Waals surface area contributed by atoms with Crippen molar-refractivity contribution in [3.05, 3.63) is 48.5 Å². The van der Waals surface area contributed by atoms with Gasteiger partial charge in [-0.3, -0.25) is 0 Å². The molecule has 5 nitrogen and oxygen atoms in total. The summed E-state index contributed by atoms with van der Waals surface area (Å²) in [5.41, 5.74) is 2.08. The predicted octanol–water partition coefficient (Wildman–Crippen LogP) is 2.72. The quantitative estimate of drug-likeness (QED) is 0.894. The number of hydrogen-bond donors (Lipinski definition) is 1. The molecule has 25 heavy (non-hydrogen) atoms. The molecule has 2 heterocycles. The molecule has 2 aliphatic rings. The normalized spacial score (nSPS) is 18.5. The van der Waals surface area contributed by atoms with Gasteiger partial charge in [0.05, 0.1) is 4.90 Å². The highest BCUT2D eigenvalue weighted by atomic mass is 32.2. The monoisotopic (exact) mass is 375 g/mol. The number of anilines is 2. The Morgan fingerprint density at radius 3 is 2.48 bits per heavy atom. The lowest BCUT2D eigenvalue weighted by Gasteiger charge is -2.35. The van der Waals surface area contributed by atoms with E-state index in [0.29, 0.717) is 31.1 Å². The van der Waals surface area contributed by atoms with Gasteiger partial charge in [-0.15, -0.1) is 11.8 Å². The van der Waals surface area contributed by atoms with Crippen molar-refractivity contribution in [1.29, 1.82) is 0 Å². The van der Waals surface area contributed by atoms with Crippen molar-refractivity contribution in [2.75, 3.05) is 48.7 Å². The molecule has 0 saturated carbocycles. The van der Waals surface area contributed by atoms with Crippen LogP contribution in [0.3, 0.4) is 0 Å². The second-order valence-electron chi connectivity index (χ2n) is 6.16.